The van der Waals surface area contributed by atoms with Gasteiger partial charge < -0.3 is 10.1 Å². The molecule has 0 atom stereocenters. The van der Waals surface area contributed by atoms with E-state index in [9.17, 15) is 9.59 Å². The standard InChI is InChI=1S/C24H22ClN3O3/c1-16-7-10-18(11-8-16)24(30)28-26-14-19-5-3-4-6-22(19)31-15-23(29)27-20-12-9-17(2)21(25)13-20/h3-14H,15H2,1-2H3,(H,27,29)(H,28,30)/b26-14+. The largest absolute Gasteiger partial charge is 0.483 e. The SMILES string of the molecule is Cc1ccc(C(=O)N/N=C/c2ccccc2OCC(=O)Nc2ccc(C)c(Cl)c2)cc1. The third-order valence-corrected chi connectivity index (χ3v) is 4.82. The van der Waals surface area contributed by atoms with Crippen molar-refractivity contribution >= 4 is 35.3 Å². The Labute approximate surface area is 185 Å². The molecule has 158 valence electrons. The summed E-state index contributed by atoms with van der Waals surface area (Å²) in [7, 11) is 0. The number of carbonyl (C=O) groups is 2. The lowest BCUT2D eigenvalue weighted by atomic mass is 10.1. The number of hydrazone groups is 1. The number of benzene rings is 3. The summed E-state index contributed by atoms with van der Waals surface area (Å²) in [6.45, 7) is 3.65. The van der Waals surface area contributed by atoms with Crippen LogP contribution in [-0.4, -0.2) is 24.6 Å². The lowest BCUT2D eigenvalue weighted by Gasteiger charge is -2.10. The van der Waals surface area contributed by atoms with Crippen molar-refractivity contribution in [2.45, 2.75) is 13.8 Å². The predicted octanol–water partition coefficient (Wildman–Crippen LogP) is 4.74. The Morgan fingerprint density at radius 2 is 1.77 bits per heavy atom. The number of aryl methyl sites for hydroxylation is 2. The molecule has 0 bridgehead atoms. The van der Waals surface area contributed by atoms with E-state index in [0.717, 1.165) is 11.1 Å². The van der Waals surface area contributed by atoms with Crippen LogP contribution in [0.2, 0.25) is 5.02 Å². The summed E-state index contributed by atoms with van der Waals surface area (Å²) >= 11 is 6.08. The van der Waals surface area contributed by atoms with Gasteiger partial charge in [-0.1, -0.05) is 47.5 Å². The van der Waals surface area contributed by atoms with Gasteiger partial charge in [-0.3, -0.25) is 9.59 Å². The zero-order chi connectivity index (χ0) is 22.2. The van der Waals surface area contributed by atoms with Crippen LogP contribution in [0.5, 0.6) is 5.75 Å². The van der Waals surface area contributed by atoms with E-state index in [1.807, 2.05) is 38.1 Å². The second-order valence-corrected chi connectivity index (χ2v) is 7.31. The Balaban J connectivity index is 1.57. The van der Waals surface area contributed by atoms with Gasteiger partial charge in [0.2, 0.25) is 0 Å². The highest BCUT2D eigenvalue weighted by Gasteiger charge is 2.08. The molecule has 2 amide bonds. The summed E-state index contributed by atoms with van der Waals surface area (Å²) in [5.74, 6) is -0.168. The summed E-state index contributed by atoms with van der Waals surface area (Å²) in [6, 6.07) is 19.6. The van der Waals surface area contributed by atoms with Crippen LogP contribution in [0, 0.1) is 13.8 Å². The summed E-state index contributed by atoms with van der Waals surface area (Å²) in [4.78, 5) is 24.4. The van der Waals surface area contributed by atoms with Crippen LogP contribution in [-0.2, 0) is 4.79 Å². The summed E-state index contributed by atoms with van der Waals surface area (Å²) < 4.78 is 5.63. The molecular formula is C24H22ClN3O3. The average Bonchev–Trinajstić information content (AvgIpc) is 2.76. The fourth-order valence-corrected chi connectivity index (χ4v) is 2.84. The number of hydrogen-bond donors (Lipinski definition) is 2. The first-order chi connectivity index (χ1) is 14.9. The van der Waals surface area contributed by atoms with Crippen molar-refractivity contribution in [1.82, 2.24) is 5.43 Å². The molecule has 0 aliphatic rings. The quantitative estimate of drug-likeness (QED) is 0.415. The van der Waals surface area contributed by atoms with Gasteiger partial charge >= 0.3 is 0 Å². The van der Waals surface area contributed by atoms with Crippen LogP contribution < -0.4 is 15.5 Å². The number of halogens is 1. The molecule has 2 N–H and O–H groups in total. The molecule has 0 radical (unpaired) electrons. The van der Waals surface area contributed by atoms with Crippen molar-refractivity contribution in [3.63, 3.8) is 0 Å². The lowest BCUT2D eigenvalue weighted by molar-refractivity contribution is -0.118. The zero-order valence-electron chi connectivity index (χ0n) is 17.2. The van der Waals surface area contributed by atoms with Crippen LogP contribution >= 0.6 is 11.6 Å². The van der Waals surface area contributed by atoms with Gasteiger partial charge in [-0.15, -0.1) is 0 Å². The molecule has 0 saturated heterocycles. The minimum atomic E-state index is -0.320. The molecule has 0 aliphatic heterocycles. The number of nitrogens with one attached hydrogen (secondary N) is 2. The van der Waals surface area contributed by atoms with Gasteiger partial charge in [0.1, 0.15) is 5.75 Å². The first-order valence-corrected chi connectivity index (χ1v) is 9.98. The summed E-state index contributed by atoms with van der Waals surface area (Å²) in [6.07, 6.45) is 1.47. The van der Waals surface area contributed by atoms with Gasteiger partial charge in [0, 0.05) is 21.8 Å². The van der Waals surface area contributed by atoms with E-state index in [1.54, 1.807) is 42.5 Å². The topological polar surface area (TPSA) is 79.8 Å². The van der Waals surface area contributed by atoms with E-state index in [-0.39, 0.29) is 18.4 Å². The van der Waals surface area contributed by atoms with Crippen LogP contribution in [0.1, 0.15) is 27.0 Å². The number of nitrogens with zero attached hydrogens (tertiary/aromatic N) is 1. The maximum atomic E-state index is 12.2. The molecular weight excluding hydrogens is 414 g/mol. The van der Waals surface area contributed by atoms with Crippen molar-refractivity contribution in [1.29, 1.82) is 0 Å². The molecule has 3 rings (SSSR count). The van der Waals surface area contributed by atoms with Crippen LogP contribution in [0.15, 0.2) is 71.8 Å². The fraction of sp³-hybridized carbons (Fsp3) is 0.125. The van der Waals surface area contributed by atoms with Crippen molar-refractivity contribution in [3.8, 4) is 5.75 Å². The smallest absolute Gasteiger partial charge is 0.271 e. The Morgan fingerprint density at radius 3 is 2.52 bits per heavy atom. The van der Waals surface area contributed by atoms with Gasteiger partial charge in [0.25, 0.3) is 11.8 Å². The number of para-hydroxylation sites is 1. The third-order valence-electron chi connectivity index (χ3n) is 4.42. The first kappa shape index (κ1) is 22.1. The fourth-order valence-electron chi connectivity index (χ4n) is 2.66. The molecule has 0 fully saturated rings. The number of rotatable bonds is 7. The minimum Gasteiger partial charge on any atom is -0.483 e. The Kier molecular flexibility index (Phi) is 7.40. The summed E-state index contributed by atoms with van der Waals surface area (Å²) in [5, 5.41) is 7.31. The molecule has 6 nitrogen and oxygen atoms in total. The monoisotopic (exact) mass is 435 g/mol. The van der Waals surface area contributed by atoms with E-state index in [4.69, 9.17) is 16.3 Å². The van der Waals surface area contributed by atoms with E-state index in [1.165, 1.54) is 6.21 Å². The molecule has 0 unspecified atom stereocenters. The molecule has 0 aliphatic carbocycles. The molecule has 3 aromatic carbocycles. The molecule has 0 spiro atoms. The van der Waals surface area contributed by atoms with Crippen LogP contribution in [0.25, 0.3) is 0 Å². The minimum absolute atomic E-state index is 0.188. The number of carbonyl (C=O) groups excluding carboxylic acids is 2. The normalized spacial score (nSPS) is 10.7. The van der Waals surface area contributed by atoms with Crippen LogP contribution in [0.4, 0.5) is 5.69 Å². The predicted molar refractivity (Wildman–Crippen MR) is 123 cm³/mol. The highest BCUT2D eigenvalue weighted by Crippen LogP contribution is 2.20. The van der Waals surface area contributed by atoms with Crippen LogP contribution in [0.3, 0.4) is 0 Å². The second kappa shape index (κ2) is 10.4. The number of amides is 2. The van der Waals surface area contributed by atoms with Gasteiger partial charge in [0.15, 0.2) is 6.61 Å². The van der Waals surface area contributed by atoms with Gasteiger partial charge in [-0.2, -0.15) is 5.10 Å². The van der Waals surface area contributed by atoms with Crippen molar-refractivity contribution < 1.29 is 14.3 Å². The van der Waals surface area contributed by atoms with Gasteiger partial charge in [-0.25, -0.2) is 5.43 Å². The van der Waals surface area contributed by atoms with Gasteiger partial charge in [0.05, 0.1) is 6.21 Å². The third kappa shape index (κ3) is 6.42. The Hall–Kier alpha value is -3.64. The average molecular weight is 436 g/mol. The van der Waals surface area contributed by atoms with E-state index in [2.05, 4.69) is 15.8 Å². The molecule has 7 heteroatoms. The Bertz CT molecular complexity index is 1110. The molecule has 0 aromatic heterocycles. The molecule has 0 heterocycles. The van der Waals surface area contributed by atoms with Crippen molar-refractivity contribution in [2.24, 2.45) is 5.10 Å². The molecule has 3 aromatic rings. The van der Waals surface area contributed by atoms with Crippen molar-refractivity contribution in [2.75, 3.05) is 11.9 Å². The lowest BCUT2D eigenvalue weighted by Crippen LogP contribution is -2.20. The van der Waals surface area contributed by atoms with Crippen molar-refractivity contribution in [3.05, 3.63) is 94.0 Å². The number of ether oxygens (including phenoxy) is 1. The number of anilines is 1. The summed E-state index contributed by atoms with van der Waals surface area (Å²) in [5.41, 5.74) is 6.22. The molecule has 31 heavy (non-hydrogen) atoms. The maximum absolute atomic E-state index is 12.2. The van der Waals surface area contributed by atoms with E-state index < -0.39 is 0 Å². The Morgan fingerprint density at radius 1 is 1.03 bits per heavy atom. The highest BCUT2D eigenvalue weighted by molar-refractivity contribution is 6.31. The highest BCUT2D eigenvalue weighted by atomic mass is 35.5. The maximum Gasteiger partial charge on any atom is 0.271 e. The number of hydrogen-bond acceptors (Lipinski definition) is 4. The van der Waals surface area contributed by atoms with E-state index >= 15 is 0 Å². The first-order valence-electron chi connectivity index (χ1n) is 9.60. The second-order valence-electron chi connectivity index (χ2n) is 6.90. The molecule has 0 saturated carbocycles. The zero-order valence-corrected chi connectivity index (χ0v) is 17.9. The van der Waals surface area contributed by atoms with Gasteiger partial charge in [-0.05, 0) is 55.8 Å². The van der Waals surface area contributed by atoms with E-state index in [0.29, 0.717) is 27.6 Å².